The number of nitrogens with two attached hydrogens (primary N) is 1. The molecule has 1 aromatic rings. The zero-order valence-electron chi connectivity index (χ0n) is 9.48. The van der Waals surface area contributed by atoms with Crippen LogP contribution >= 0.6 is 27.3 Å². The molecule has 2 rings (SSSR count). The number of halogens is 1. The summed E-state index contributed by atoms with van der Waals surface area (Å²) < 4.78 is 1.16. The highest BCUT2D eigenvalue weighted by Crippen LogP contribution is 2.34. The molecule has 0 fully saturated rings. The van der Waals surface area contributed by atoms with Crippen molar-refractivity contribution in [2.45, 2.75) is 32.4 Å². The fraction of sp³-hybridized carbons (Fsp3) is 0.545. The van der Waals surface area contributed by atoms with E-state index < -0.39 is 0 Å². The van der Waals surface area contributed by atoms with Crippen molar-refractivity contribution in [3.8, 4) is 0 Å². The van der Waals surface area contributed by atoms with E-state index in [2.05, 4.69) is 51.8 Å². The Morgan fingerprint density at radius 3 is 3.00 bits per heavy atom. The van der Waals surface area contributed by atoms with Crippen molar-refractivity contribution in [1.82, 2.24) is 4.90 Å². The largest absolute Gasteiger partial charge is 0.370 e. The second-order valence-electron chi connectivity index (χ2n) is 4.02. The lowest BCUT2D eigenvalue weighted by Gasteiger charge is -2.31. The molecule has 3 nitrogen and oxygen atoms in total. The lowest BCUT2D eigenvalue weighted by Crippen LogP contribution is -2.41. The Morgan fingerprint density at radius 2 is 2.44 bits per heavy atom. The highest BCUT2D eigenvalue weighted by atomic mass is 79.9. The molecule has 0 radical (unpaired) electrons. The molecule has 5 heteroatoms. The SMILES string of the molecule is CCC(C)N1C(N)=NCC1c1ccc(Br)s1. The highest BCUT2D eigenvalue weighted by Gasteiger charge is 2.31. The second-order valence-corrected chi connectivity index (χ2v) is 6.52. The summed E-state index contributed by atoms with van der Waals surface area (Å²) in [6.45, 7) is 5.16. The van der Waals surface area contributed by atoms with Crippen LogP contribution in [0.5, 0.6) is 0 Å². The normalized spacial score (nSPS) is 22.3. The van der Waals surface area contributed by atoms with Gasteiger partial charge in [-0.05, 0) is 41.4 Å². The van der Waals surface area contributed by atoms with Crippen molar-refractivity contribution in [2.75, 3.05) is 6.54 Å². The van der Waals surface area contributed by atoms with E-state index in [1.54, 1.807) is 11.3 Å². The van der Waals surface area contributed by atoms with Gasteiger partial charge < -0.3 is 10.6 Å². The molecule has 0 saturated heterocycles. The van der Waals surface area contributed by atoms with Gasteiger partial charge in [0.15, 0.2) is 5.96 Å². The minimum atomic E-state index is 0.325. The molecule has 16 heavy (non-hydrogen) atoms. The third-order valence-electron chi connectivity index (χ3n) is 3.01. The van der Waals surface area contributed by atoms with Crippen LogP contribution in [-0.2, 0) is 0 Å². The molecule has 2 atom stereocenters. The number of rotatable bonds is 3. The van der Waals surface area contributed by atoms with Crippen LogP contribution < -0.4 is 5.73 Å². The van der Waals surface area contributed by atoms with Crippen LogP contribution in [0.2, 0.25) is 0 Å². The van der Waals surface area contributed by atoms with E-state index >= 15 is 0 Å². The third-order valence-corrected chi connectivity index (χ3v) is 4.74. The lowest BCUT2D eigenvalue weighted by atomic mass is 10.1. The first-order chi connectivity index (χ1) is 7.63. The van der Waals surface area contributed by atoms with Crippen molar-refractivity contribution < 1.29 is 0 Å². The topological polar surface area (TPSA) is 41.6 Å². The molecular formula is C11H16BrN3S. The molecule has 88 valence electrons. The molecule has 0 saturated carbocycles. The number of aliphatic imine (C=N–C) groups is 1. The van der Waals surface area contributed by atoms with E-state index in [-0.39, 0.29) is 0 Å². The first-order valence-electron chi connectivity index (χ1n) is 5.47. The number of nitrogens with zero attached hydrogens (tertiary/aromatic N) is 2. The predicted octanol–water partition coefficient (Wildman–Crippen LogP) is 2.98. The number of thiophene rings is 1. The van der Waals surface area contributed by atoms with E-state index in [4.69, 9.17) is 5.73 Å². The van der Waals surface area contributed by atoms with Crippen LogP contribution in [0.1, 0.15) is 31.2 Å². The average Bonchev–Trinajstić information content (AvgIpc) is 2.83. The molecule has 0 bridgehead atoms. The van der Waals surface area contributed by atoms with Crippen molar-refractivity contribution in [3.05, 3.63) is 20.8 Å². The number of hydrogen-bond acceptors (Lipinski definition) is 4. The van der Waals surface area contributed by atoms with E-state index in [9.17, 15) is 0 Å². The number of guanidine groups is 1. The van der Waals surface area contributed by atoms with Crippen molar-refractivity contribution >= 4 is 33.2 Å². The van der Waals surface area contributed by atoms with Gasteiger partial charge in [-0.2, -0.15) is 0 Å². The summed E-state index contributed by atoms with van der Waals surface area (Å²) in [6, 6.07) is 5.01. The van der Waals surface area contributed by atoms with Gasteiger partial charge in [0, 0.05) is 10.9 Å². The van der Waals surface area contributed by atoms with Crippen LogP contribution in [0.4, 0.5) is 0 Å². The van der Waals surface area contributed by atoms with Gasteiger partial charge in [-0.15, -0.1) is 11.3 Å². The predicted molar refractivity (Wildman–Crippen MR) is 72.8 cm³/mol. The molecule has 0 amide bonds. The molecule has 2 N–H and O–H groups in total. The molecule has 0 spiro atoms. The molecule has 0 aliphatic carbocycles. The Morgan fingerprint density at radius 1 is 1.69 bits per heavy atom. The summed E-state index contributed by atoms with van der Waals surface area (Å²) in [5.74, 6) is 0.684. The molecular weight excluding hydrogens is 286 g/mol. The summed E-state index contributed by atoms with van der Waals surface area (Å²) >= 11 is 5.26. The van der Waals surface area contributed by atoms with E-state index in [0.717, 1.165) is 16.8 Å². The zero-order chi connectivity index (χ0) is 11.7. The Balaban J connectivity index is 2.23. The van der Waals surface area contributed by atoms with Crippen molar-refractivity contribution in [3.63, 3.8) is 0 Å². The van der Waals surface area contributed by atoms with Gasteiger partial charge >= 0.3 is 0 Å². The van der Waals surface area contributed by atoms with Crippen molar-refractivity contribution in [2.24, 2.45) is 10.7 Å². The van der Waals surface area contributed by atoms with Gasteiger partial charge in [0.2, 0.25) is 0 Å². The monoisotopic (exact) mass is 301 g/mol. The molecule has 0 aromatic carbocycles. The van der Waals surface area contributed by atoms with Crippen LogP contribution in [0.15, 0.2) is 20.9 Å². The third kappa shape index (κ3) is 2.11. The summed E-state index contributed by atoms with van der Waals surface area (Å²) in [7, 11) is 0. The van der Waals surface area contributed by atoms with E-state index in [1.807, 2.05) is 0 Å². The minimum Gasteiger partial charge on any atom is -0.370 e. The average molecular weight is 302 g/mol. The first kappa shape index (κ1) is 11.9. The second kappa shape index (κ2) is 4.75. The summed E-state index contributed by atoms with van der Waals surface area (Å²) in [5, 5.41) is 0. The maximum Gasteiger partial charge on any atom is 0.192 e. The zero-order valence-corrected chi connectivity index (χ0v) is 11.9. The molecule has 1 aromatic heterocycles. The van der Waals surface area contributed by atoms with Gasteiger partial charge in [-0.25, -0.2) is 0 Å². The van der Waals surface area contributed by atoms with Crippen LogP contribution in [0.25, 0.3) is 0 Å². The quantitative estimate of drug-likeness (QED) is 0.932. The van der Waals surface area contributed by atoms with Gasteiger partial charge in [-0.3, -0.25) is 4.99 Å². The fourth-order valence-corrected chi connectivity index (χ4v) is 3.49. The Kier molecular flexibility index (Phi) is 3.54. The molecule has 2 heterocycles. The Labute approximate surface area is 108 Å². The fourth-order valence-electron chi connectivity index (χ4n) is 1.97. The Hall–Kier alpha value is -0.550. The van der Waals surface area contributed by atoms with Gasteiger partial charge in [0.25, 0.3) is 0 Å². The molecule has 1 aliphatic heterocycles. The van der Waals surface area contributed by atoms with Crippen LogP contribution in [0, 0.1) is 0 Å². The summed E-state index contributed by atoms with van der Waals surface area (Å²) in [5.41, 5.74) is 5.96. The van der Waals surface area contributed by atoms with Gasteiger partial charge in [0.05, 0.1) is 16.4 Å². The number of hydrogen-bond donors (Lipinski definition) is 1. The van der Waals surface area contributed by atoms with Crippen LogP contribution in [0.3, 0.4) is 0 Å². The standard InChI is InChI=1S/C11H16BrN3S/c1-3-7(2)15-8(6-14-11(15)13)9-4-5-10(12)16-9/h4-5,7-8H,3,6H2,1-2H3,(H2,13,14). The lowest BCUT2D eigenvalue weighted by molar-refractivity contribution is 0.271. The smallest absolute Gasteiger partial charge is 0.192 e. The van der Waals surface area contributed by atoms with Crippen molar-refractivity contribution in [1.29, 1.82) is 0 Å². The maximum absolute atomic E-state index is 5.96. The van der Waals surface area contributed by atoms with Gasteiger partial charge in [0.1, 0.15) is 0 Å². The highest BCUT2D eigenvalue weighted by molar-refractivity contribution is 9.11. The summed E-state index contributed by atoms with van der Waals surface area (Å²) in [6.07, 6.45) is 1.08. The summed E-state index contributed by atoms with van der Waals surface area (Å²) in [4.78, 5) is 7.93. The molecule has 1 aliphatic rings. The molecule has 2 unspecified atom stereocenters. The van der Waals surface area contributed by atoms with Gasteiger partial charge in [-0.1, -0.05) is 6.92 Å². The Bertz CT molecular complexity index is 402. The van der Waals surface area contributed by atoms with E-state index in [0.29, 0.717) is 18.0 Å². The first-order valence-corrected chi connectivity index (χ1v) is 7.08. The van der Waals surface area contributed by atoms with Crippen LogP contribution in [-0.4, -0.2) is 23.4 Å². The van der Waals surface area contributed by atoms with E-state index in [1.165, 1.54) is 4.88 Å². The maximum atomic E-state index is 5.96. The minimum absolute atomic E-state index is 0.325.